The van der Waals surface area contributed by atoms with Gasteiger partial charge in [0.25, 0.3) is 0 Å². The molecular formula is C9H13FN4S. The van der Waals surface area contributed by atoms with Gasteiger partial charge in [0, 0.05) is 6.54 Å². The van der Waals surface area contributed by atoms with Crippen LogP contribution in [-0.2, 0) is 0 Å². The fourth-order valence-corrected chi connectivity index (χ4v) is 2.77. The third-order valence-corrected chi connectivity index (χ3v) is 3.58. The Morgan fingerprint density at radius 2 is 2.53 bits per heavy atom. The van der Waals surface area contributed by atoms with E-state index in [0.29, 0.717) is 5.92 Å². The molecule has 1 aromatic rings. The first kappa shape index (κ1) is 10.5. The summed E-state index contributed by atoms with van der Waals surface area (Å²) in [5.41, 5.74) is 5.38. The van der Waals surface area contributed by atoms with Crippen LogP contribution in [0.3, 0.4) is 0 Å². The summed E-state index contributed by atoms with van der Waals surface area (Å²) in [5, 5.41) is 2.98. The lowest BCUT2D eigenvalue weighted by Gasteiger charge is -2.10. The van der Waals surface area contributed by atoms with Gasteiger partial charge < -0.3 is 11.1 Å². The minimum absolute atomic E-state index is 0.0969. The minimum atomic E-state index is -0.449. The second kappa shape index (κ2) is 4.65. The highest BCUT2D eigenvalue weighted by atomic mass is 32.2. The molecule has 0 radical (unpaired) electrons. The van der Waals surface area contributed by atoms with E-state index in [0.717, 1.165) is 18.5 Å². The standard InChI is InChI=1S/C9H13FN4S/c10-7-4-13-9(11)14-8(7)12-3-6-1-2-15-5-6/h4,6H,1-3,5H2,(H3,11,12,13,14). The van der Waals surface area contributed by atoms with Crippen molar-refractivity contribution in [1.29, 1.82) is 0 Å². The summed E-state index contributed by atoms with van der Waals surface area (Å²) in [5.74, 6) is 2.79. The molecule has 4 nitrogen and oxygen atoms in total. The highest BCUT2D eigenvalue weighted by molar-refractivity contribution is 7.99. The normalized spacial score (nSPS) is 20.5. The average molecular weight is 228 g/mol. The lowest BCUT2D eigenvalue weighted by Crippen LogP contribution is -2.15. The summed E-state index contributed by atoms with van der Waals surface area (Å²) in [6.07, 6.45) is 2.27. The molecule has 0 spiro atoms. The molecule has 0 amide bonds. The zero-order chi connectivity index (χ0) is 10.7. The van der Waals surface area contributed by atoms with Crippen molar-refractivity contribution < 1.29 is 4.39 Å². The Morgan fingerprint density at radius 1 is 1.67 bits per heavy atom. The second-order valence-electron chi connectivity index (χ2n) is 3.54. The van der Waals surface area contributed by atoms with Crippen LogP contribution in [0.2, 0.25) is 0 Å². The molecule has 0 aromatic carbocycles. The van der Waals surface area contributed by atoms with Crippen LogP contribution in [0.5, 0.6) is 0 Å². The number of anilines is 2. The minimum Gasteiger partial charge on any atom is -0.368 e. The number of nitrogen functional groups attached to an aromatic ring is 1. The van der Waals surface area contributed by atoms with Gasteiger partial charge in [0.15, 0.2) is 11.6 Å². The van der Waals surface area contributed by atoms with Crippen LogP contribution in [0.25, 0.3) is 0 Å². The fraction of sp³-hybridized carbons (Fsp3) is 0.556. The molecule has 15 heavy (non-hydrogen) atoms. The molecule has 82 valence electrons. The smallest absolute Gasteiger partial charge is 0.222 e. The molecule has 1 aliphatic heterocycles. The van der Waals surface area contributed by atoms with Crippen molar-refractivity contribution in [1.82, 2.24) is 9.97 Å². The summed E-state index contributed by atoms with van der Waals surface area (Å²) in [6, 6.07) is 0. The van der Waals surface area contributed by atoms with Crippen molar-refractivity contribution >= 4 is 23.5 Å². The predicted octanol–water partition coefficient (Wildman–Crippen LogP) is 1.36. The Bertz CT molecular complexity index is 341. The molecule has 2 heterocycles. The first-order valence-electron chi connectivity index (χ1n) is 4.85. The molecule has 1 atom stereocenters. The van der Waals surface area contributed by atoms with Crippen LogP contribution < -0.4 is 11.1 Å². The van der Waals surface area contributed by atoms with E-state index in [-0.39, 0.29) is 11.8 Å². The molecule has 1 fully saturated rings. The summed E-state index contributed by atoms with van der Waals surface area (Å²) in [7, 11) is 0. The quantitative estimate of drug-likeness (QED) is 0.818. The number of halogens is 1. The van der Waals surface area contributed by atoms with E-state index >= 15 is 0 Å². The zero-order valence-electron chi connectivity index (χ0n) is 8.24. The molecule has 2 rings (SSSR count). The van der Waals surface area contributed by atoms with Crippen LogP contribution in [0.15, 0.2) is 6.20 Å². The van der Waals surface area contributed by atoms with E-state index in [1.54, 1.807) is 0 Å². The van der Waals surface area contributed by atoms with E-state index in [1.165, 1.54) is 12.2 Å². The number of nitrogens with one attached hydrogen (secondary N) is 1. The molecule has 6 heteroatoms. The molecule has 0 aliphatic carbocycles. The Balaban J connectivity index is 1.94. The van der Waals surface area contributed by atoms with Crippen LogP contribution in [-0.4, -0.2) is 28.0 Å². The van der Waals surface area contributed by atoms with E-state index in [4.69, 9.17) is 5.73 Å². The third kappa shape index (κ3) is 2.71. The van der Waals surface area contributed by atoms with Gasteiger partial charge in [-0.15, -0.1) is 0 Å². The number of aromatic nitrogens is 2. The molecule has 0 saturated carbocycles. The highest BCUT2D eigenvalue weighted by Gasteiger charge is 2.16. The van der Waals surface area contributed by atoms with E-state index in [1.807, 2.05) is 11.8 Å². The van der Waals surface area contributed by atoms with Crippen LogP contribution in [0, 0.1) is 11.7 Å². The van der Waals surface area contributed by atoms with Crippen LogP contribution in [0.4, 0.5) is 16.2 Å². The van der Waals surface area contributed by atoms with E-state index in [2.05, 4.69) is 15.3 Å². The topological polar surface area (TPSA) is 63.8 Å². The van der Waals surface area contributed by atoms with Crippen molar-refractivity contribution in [3.63, 3.8) is 0 Å². The van der Waals surface area contributed by atoms with E-state index in [9.17, 15) is 4.39 Å². The molecule has 3 N–H and O–H groups in total. The SMILES string of the molecule is Nc1ncc(F)c(NCC2CCSC2)n1. The van der Waals surface area contributed by atoms with Gasteiger partial charge in [-0.2, -0.15) is 16.7 Å². The van der Waals surface area contributed by atoms with Crippen molar-refractivity contribution in [3.05, 3.63) is 12.0 Å². The van der Waals surface area contributed by atoms with Gasteiger partial charge in [0.2, 0.25) is 5.95 Å². The first-order valence-corrected chi connectivity index (χ1v) is 6.01. The number of thioether (sulfide) groups is 1. The van der Waals surface area contributed by atoms with Crippen molar-refractivity contribution in [3.8, 4) is 0 Å². The van der Waals surface area contributed by atoms with Gasteiger partial charge in [-0.3, -0.25) is 0 Å². The van der Waals surface area contributed by atoms with E-state index < -0.39 is 5.82 Å². The average Bonchev–Trinajstić information content (AvgIpc) is 2.72. The maximum absolute atomic E-state index is 13.2. The Morgan fingerprint density at radius 3 is 3.27 bits per heavy atom. The van der Waals surface area contributed by atoms with Gasteiger partial charge in [-0.25, -0.2) is 9.37 Å². The van der Waals surface area contributed by atoms with Gasteiger partial charge >= 0.3 is 0 Å². The predicted molar refractivity (Wildman–Crippen MR) is 60.3 cm³/mol. The first-order chi connectivity index (χ1) is 7.25. The van der Waals surface area contributed by atoms with Crippen LogP contribution >= 0.6 is 11.8 Å². The third-order valence-electron chi connectivity index (χ3n) is 2.34. The molecule has 1 aromatic heterocycles. The summed E-state index contributed by atoms with van der Waals surface area (Å²) >= 11 is 1.93. The van der Waals surface area contributed by atoms with Gasteiger partial charge in [-0.1, -0.05) is 0 Å². The van der Waals surface area contributed by atoms with Gasteiger partial charge in [0.1, 0.15) is 0 Å². The lowest BCUT2D eigenvalue weighted by atomic mass is 10.1. The number of hydrogen-bond donors (Lipinski definition) is 2. The van der Waals surface area contributed by atoms with Crippen LogP contribution in [0.1, 0.15) is 6.42 Å². The summed E-state index contributed by atoms with van der Waals surface area (Å²) in [6.45, 7) is 0.750. The Hall–Kier alpha value is -1.04. The van der Waals surface area contributed by atoms with Crippen molar-refractivity contribution in [2.75, 3.05) is 29.1 Å². The largest absolute Gasteiger partial charge is 0.368 e. The number of rotatable bonds is 3. The second-order valence-corrected chi connectivity index (χ2v) is 4.69. The molecule has 1 saturated heterocycles. The molecule has 1 unspecified atom stereocenters. The highest BCUT2D eigenvalue weighted by Crippen LogP contribution is 2.23. The van der Waals surface area contributed by atoms with Crippen molar-refractivity contribution in [2.45, 2.75) is 6.42 Å². The number of nitrogens with zero attached hydrogens (tertiary/aromatic N) is 2. The molecular weight excluding hydrogens is 215 g/mol. The maximum atomic E-state index is 13.2. The molecule has 1 aliphatic rings. The fourth-order valence-electron chi connectivity index (χ4n) is 1.49. The zero-order valence-corrected chi connectivity index (χ0v) is 9.06. The summed E-state index contributed by atoms with van der Waals surface area (Å²) < 4.78 is 13.2. The Kier molecular flexibility index (Phi) is 3.25. The van der Waals surface area contributed by atoms with Gasteiger partial charge in [0.05, 0.1) is 6.20 Å². The van der Waals surface area contributed by atoms with Gasteiger partial charge in [-0.05, 0) is 23.8 Å². The Labute approximate surface area is 91.9 Å². The number of hydrogen-bond acceptors (Lipinski definition) is 5. The lowest BCUT2D eigenvalue weighted by molar-refractivity contribution is 0.601. The number of nitrogens with two attached hydrogens (primary N) is 1. The maximum Gasteiger partial charge on any atom is 0.222 e. The molecule has 0 bridgehead atoms. The van der Waals surface area contributed by atoms with Crippen molar-refractivity contribution in [2.24, 2.45) is 5.92 Å². The summed E-state index contributed by atoms with van der Waals surface area (Å²) in [4.78, 5) is 7.37. The monoisotopic (exact) mass is 228 g/mol.